The molecule has 0 amide bonds. The minimum atomic E-state index is -0.552. The van der Waals surface area contributed by atoms with Gasteiger partial charge in [0.15, 0.2) is 0 Å². The molecule has 2 N–H and O–H groups in total. The molecule has 37 heavy (non-hydrogen) atoms. The minimum absolute atomic E-state index is 0.0548. The molecule has 0 fully saturated rings. The molecule has 1 atom stereocenters. The lowest BCUT2D eigenvalue weighted by molar-refractivity contribution is 0.626. The van der Waals surface area contributed by atoms with Gasteiger partial charge in [0.2, 0.25) is 0 Å². The third kappa shape index (κ3) is 5.05. The molecule has 5 aromatic rings. The summed E-state index contributed by atoms with van der Waals surface area (Å²) in [6.45, 7) is 0. The van der Waals surface area contributed by atoms with Gasteiger partial charge in [-0.1, -0.05) is 35.3 Å². The number of benzene rings is 3. The molecule has 0 aliphatic rings. The fourth-order valence-corrected chi connectivity index (χ4v) is 4.50. The molecule has 0 bridgehead atoms. The van der Waals surface area contributed by atoms with E-state index in [9.17, 15) is 14.0 Å². The van der Waals surface area contributed by atoms with Crippen LogP contribution in [0.1, 0.15) is 22.7 Å². The lowest BCUT2D eigenvalue weighted by atomic mass is 10.0. The van der Waals surface area contributed by atoms with E-state index in [-0.39, 0.29) is 22.4 Å². The second kappa shape index (κ2) is 10.1. The first-order valence-corrected chi connectivity index (χ1v) is 11.8. The van der Waals surface area contributed by atoms with Crippen molar-refractivity contribution in [2.75, 3.05) is 10.6 Å². The molecule has 0 aliphatic heterocycles. The quantitative estimate of drug-likeness (QED) is 0.237. The third-order valence-corrected chi connectivity index (χ3v) is 6.38. The second-order valence-corrected chi connectivity index (χ2v) is 9.16. The van der Waals surface area contributed by atoms with E-state index in [1.54, 1.807) is 29.1 Å². The number of aryl methyl sites for hydroxylation is 1. The molecule has 2 heterocycles. The molecule has 5 rings (SSSR count). The number of halogens is 4. The Balaban J connectivity index is 1.61. The number of anilines is 3. The molecule has 0 saturated carbocycles. The van der Waals surface area contributed by atoms with Crippen molar-refractivity contribution in [2.45, 2.75) is 6.04 Å². The first-order valence-electron chi connectivity index (χ1n) is 11.1. The Kier molecular flexibility index (Phi) is 6.66. The van der Waals surface area contributed by atoms with Crippen molar-refractivity contribution < 1.29 is 8.78 Å². The average Bonchev–Trinajstić information content (AvgIpc) is 3.31. The monoisotopic (exact) mass is 534 g/mol. The van der Waals surface area contributed by atoms with Gasteiger partial charge < -0.3 is 10.6 Å². The van der Waals surface area contributed by atoms with E-state index in [4.69, 9.17) is 23.2 Å². The van der Waals surface area contributed by atoms with Gasteiger partial charge in [-0.2, -0.15) is 10.4 Å². The summed E-state index contributed by atoms with van der Waals surface area (Å²) in [5.41, 5.74) is 3.98. The van der Waals surface area contributed by atoms with Gasteiger partial charge in [0.1, 0.15) is 17.7 Å². The smallest absolute Gasteiger partial charge is 0.141 e. The summed E-state index contributed by atoms with van der Waals surface area (Å²) in [7, 11) is 1.81. The van der Waals surface area contributed by atoms with Crippen LogP contribution in [0.4, 0.5) is 25.8 Å². The average molecular weight is 535 g/mol. The van der Waals surface area contributed by atoms with Crippen molar-refractivity contribution in [3.8, 4) is 6.07 Å². The van der Waals surface area contributed by atoms with E-state index in [1.807, 2.05) is 19.3 Å². The minimum Gasteiger partial charge on any atom is -0.374 e. The number of fused-ring (bicyclic) bond motifs is 1. The number of hydrogen-bond donors (Lipinski definition) is 2. The van der Waals surface area contributed by atoms with Crippen molar-refractivity contribution in [2.24, 2.45) is 7.05 Å². The van der Waals surface area contributed by atoms with Gasteiger partial charge in [-0.15, -0.1) is 0 Å². The fourth-order valence-electron chi connectivity index (χ4n) is 4.05. The third-order valence-electron chi connectivity index (χ3n) is 5.81. The predicted octanol–water partition coefficient (Wildman–Crippen LogP) is 7.37. The SMILES string of the molecule is Cn1cc(C(Nc2cc(Cl)c3ncc(C#N)c(Nc4ccc(F)c(Cl)c4)c3c2)c2ccc(F)cc2)cn1. The standard InChI is InChI=1S/C27H18Cl2F2N6/c1-37-14-17(13-34-37)25(15-2-4-18(30)5-3-15)36-20-8-21-26(35-19-6-7-24(31)22(28)9-19)16(11-32)12-33-27(21)23(29)10-20/h2-10,12-14,25,36H,1H3,(H,33,35). The van der Waals surface area contributed by atoms with Crippen LogP contribution in [0.3, 0.4) is 0 Å². The highest BCUT2D eigenvalue weighted by Gasteiger charge is 2.19. The molecule has 184 valence electrons. The highest BCUT2D eigenvalue weighted by atomic mass is 35.5. The number of nitrogens with zero attached hydrogens (tertiary/aromatic N) is 4. The Morgan fingerprint density at radius 2 is 1.70 bits per heavy atom. The van der Waals surface area contributed by atoms with Crippen LogP contribution in [0.15, 0.2) is 73.2 Å². The summed E-state index contributed by atoms with van der Waals surface area (Å²) in [6.07, 6.45) is 5.01. The van der Waals surface area contributed by atoms with Gasteiger partial charge >= 0.3 is 0 Å². The molecule has 0 aliphatic carbocycles. The number of nitrogens with one attached hydrogen (secondary N) is 2. The van der Waals surface area contributed by atoms with E-state index in [1.165, 1.54) is 36.5 Å². The van der Waals surface area contributed by atoms with Gasteiger partial charge in [-0.25, -0.2) is 8.78 Å². The Hall–Kier alpha value is -4.19. The van der Waals surface area contributed by atoms with E-state index in [0.717, 1.165) is 11.1 Å². The lowest BCUT2D eigenvalue weighted by Crippen LogP contribution is -2.12. The molecule has 0 spiro atoms. The lowest BCUT2D eigenvalue weighted by Gasteiger charge is -2.21. The number of pyridine rings is 1. The van der Waals surface area contributed by atoms with Crippen LogP contribution < -0.4 is 10.6 Å². The molecule has 10 heteroatoms. The summed E-state index contributed by atoms with van der Waals surface area (Å²) < 4.78 is 29.0. The first kappa shape index (κ1) is 24.5. The zero-order chi connectivity index (χ0) is 26.1. The van der Waals surface area contributed by atoms with E-state index in [0.29, 0.717) is 33.0 Å². The summed E-state index contributed by atoms with van der Waals surface area (Å²) in [4.78, 5) is 4.37. The van der Waals surface area contributed by atoms with Crippen LogP contribution in [-0.2, 0) is 7.05 Å². The predicted molar refractivity (Wildman–Crippen MR) is 141 cm³/mol. The summed E-state index contributed by atoms with van der Waals surface area (Å²) in [5.74, 6) is -0.891. The Bertz CT molecular complexity index is 1660. The van der Waals surface area contributed by atoms with Crippen LogP contribution in [0.5, 0.6) is 0 Å². The number of aromatic nitrogens is 3. The maximum Gasteiger partial charge on any atom is 0.141 e. The van der Waals surface area contributed by atoms with Crippen molar-refractivity contribution in [3.63, 3.8) is 0 Å². The van der Waals surface area contributed by atoms with E-state index >= 15 is 0 Å². The van der Waals surface area contributed by atoms with Gasteiger partial charge in [0, 0.05) is 41.8 Å². The molecule has 0 radical (unpaired) electrons. The fraction of sp³-hybridized carbons (Fsp3) is 0.0741. The van der Waals surface area contributed by atoms with Crippen molar-refractivity contribution >= 4 is 51.2 Å². The van der Waals surface area contributed by atoms with Crippen molar-refractivity contribution in [1.29, 1.82) is 5.26 Å². The van der Waals surface area contributed by atoms with Gasteiger partial charge in [0.05, 0.1) is 39.1 Å². The normalized spacial score (nSPS) is 11.8. The zero-order valence-electron chi connectivity index (χ0n) is 19.3. The second-order valence-electron chi connectivity index (χ2n) is 8.34. The first-order chi connectivity index (χ1) is 17.8. The molecule has 1 unspecified atom stereocenters. The Morgan fingerprint density at radius 3 is 2.38 bits per heavy atom. The van der Waals surface area contributed by atoms with Gasteiger partial charge in [-0.05, 0) is 48.0 Å². The molecule has 0 saturated heterocycles. The molecule has 6 nitrogen and oxygen atoms in total. The van der Waals surface area contributed by atoms with Crippen LogP contribution in [0, 0.1) is 23.0 Å². The van der Waals surface area contributed by atoms with E-state index < -0.39 is 5.82 Å². The van der Waals surface area contributed by atoms with E-state index in [2.05, 4.69) is 26.8 Å². The highest BCUT2D eigenvalue weighted by molar-refractivity contribution is 6.36. The van der Waals surface area contributed by atoms with Crippen LogP contribution in [0.25, 0.3) is 10.9 Å². The maximum absolute atomic E-state index is 13.7. The molecule has 3 aromatic carbocycles. The summed E-state index contributed by atoms with van der Waals surface area (Å²) in [5, 5.41) is 21.5. The highest BCUT2D eigenvalue weighted by Crippen LogP contribution is 2.37. The Labute approximate surface area is 221 Å². The zero-order valence-corrected chi connectivity index (χ0v) is 20.8. The van der Waals surface area contributed by atoms with Crippen molar-refractivity contribution in [1.82, 2.24) is 14.8 Å². The number of hydrogen-bond acceptors (Lipinski definition) is 5. The van der Waals surface area contributed by atoms with Gasteiger partial charge in [0.25, 0.3) is 0 Å². The largest absolute Gasteiger partial charge is 0.374 e. The number of nitriles is 1. The van der Waals surface area contributed by atoms with Crippen molar-refractivity contribution in [3.05, 3.63) is 112 Å². The molecular formula is C27H18Cl2F2N6. The molecular weight excluding hydrogens is 517 g/mol. The summed E-state index contributed by atoms with van der Waals surface area (Å²) >= 11 is 12.6. The van der Waals surface area contributed by atoms with Crippen LogP contribution >= 0.6 is 23.2 Å². The van der Waals surface area contributed by atoms with Crippen LogP contribution in [-0.4, -0.2) is 14.8 Å². The summed E-state index contributed by atoms with van der Waals surface area (Å²) in [6, 6.07) is 15.7. The van der Waals surface area contributed by atoms with Crippen LogP contribution in [0.2, 0.25) is 10.0 Å². The van der Waals surface area contributed by atoms with Gasteiger partial charge in [-0.3, -0.25) is 9.67 Å². The topological polar surface area (TPSA) is 78.6 Å². The Morgan fingerprint density at radius 1 is 0.946 bits per heavy atom. The number of rotatable bonds is 6. The molecule has 2 aromatic heterocycles. The maximum atomic E-state index is 13.7.